The largest absolute Gasteiger partial charge is 0.462 e. The van der Waals surface area contributed by atoms with Gasteiger partial charge in [-0.3, -0.25) is 4.79 Å². The maximum absolute atomic E-state index is 12.0. The van der Waals surface area contributed by atoms with Gasteiger partial charge in [0.1, 0.15) is 0 Å². The first kappa shape index (κ1) is 19.1. The van der Waals surface area contributed by atoms with Crippen LogP contribution in [0.25, 0.3) is 0 Å². The molecule has 0 radical (unpaired) electrons. The fourth-order valence-corrected chi connectivity index (χ4v) is 2.52. The number of anilines is 2. The van der Waals surface area contributed by atoms with Gasteiger partial charge in [0, 0.05) is 23.7 Å². The average Bonchev–Trinajstić information content (AvgIpc) is 2.58. The van der Waals surface area contributed by atoms with Crippen LogP contribution in [0.1, 0.15) is 23.7 Å². The summed E-state index contributed by atoms with van der Waals surface area (Å²) in [6.45, 7) is 2.54. The fourth-order valence-electron chi connectivity index (χ4n) is 2.06. The molecule has 2 aromatic carbocycles. The number of ether oxygens (including phenoxy) is 1. The number of benzene rings is 2. The third-order valence-electron chi connectivity index (χ3n) is 3.28. The van der Waals surface area contributed by atoms with Crippen molar-refractivity contribution in [3.8, 4) is 0 Å². The number of nitrogens with one attached hydrogen (secondary N) is 2. The van der Waals surface area contributed by atoms with E-state index in [1.807, 2.05) is 0 Å². The average molecular weight is 381 g/mol. The van der Waals surface area contributed by atoms with Crippen LogP contribution in [0.15, 0.2) is 42.5 Å². The monoisotopic (exact) mass is 380 g/mol. The van der Waals surface area contributed by atoms with Crippen LogP contribution >= 0.6 is 23.2 Å². The van der Waals surface area contributed by atoms with Gasteiger partial charge in [0.2, 0.25) is 5.91 Å². The third-order valence-corrected chi connectivity index (χ3v) is 3.83. The maximum atomic E-state index is 12.0. The number of carbonyl (C=O) groups is 2. The van der Waals surface area contributed by atoms with Crippen LogP contribution < -0.4 is 10.6 Å². The predicted molar refractivity (Wildman–Crippen MR) is 101 cm³/mol. The molecule has 0 spiro atoms. The highest BCUT2D eigenvalue weighted by Crippen LogP contribution is 2.25. The van der Waals surface area contributed by atoms with E-state index in [9.17, 15) is 9.59 Å². The van der Waals surface area contributed by atoms with Crippen molar-refractivity contribution in [2.24, 2.45) is 0 Å². The molecular weight excluding hydrogens is 363 g/mol. The Morgan fingerprint density at radius 3 is 2.44 bits per heavy atom. The van der Waals surface area contributed by atoms with Gasteiger partial charge in [0.15, 0.2) is 0 Å². The van der Waals surface area contributed by atoms with E-state index in [2.05, 4.69) is 10.6 Å². The van der Waals surface area contributed by atoms with Crippen LogP contribution in [0.4, 0.5) is 11.4 Å². The first-order valence-electron chi connectivity index (χ1n) is 7.75. The van der Waals surface area contributed by atoms with E-state index in [0.29, 0.717) is 34.4 Å². The Bertz CT molecular complexity index is 748. The third kappa shape index (κ3) is 5.96. The van der Waals surface area contributed by atoms with Crippen molar-refractivity contribution < 1.29 is 14.3 Å². The maximum Gasteiger partial charge on any atom is 0.338 e. The lowest BCUT2D eigenvalue weighted by Gasteiger charge is -2.09. The highest BCUT2D eigenvalue weighted by Gasteiger charge is 2.07. The second-order valence-electron chi connectivity index (χ2n) is 5.15. The molecule has 0 unspecified atom stereocenters. The summed E-state index contributed by atoms with van der Waals surface area (Å²) in [6.07, 6.45) is 0.262. The molecule has 0 atom stereocenters. The zero-order chi connectivity index (χ0) is 18.2. The Labute approximate surface area is 156 Å². The van der Waals surface area contributed by atoms with Crippen LogP contribution in [-0.4, -0.2) is 25.0 Å². The highest BCUT2D eigenvalue weighted by molar-refractivity contribution is 6.36. The Hall–Kier alpha value is -2.24. The van der Waals surface area contributed by atoms with Crippen LogP contribution in [0, 0.1) is 0 Å². The molecule has 25 heavy (non-hydrogen) atoms. The molecule has 5 nitrogen and oxygen atoms in total. The first-order chi connectivity index (χ1) is 12.0. The number of carbonyl (C=O) groups excluding carboxylic acids is 2. The van der Waals surface area contributed by atoms with Gasteiger partial charge in [-0.1, -0.05) is 23.2 Å². The summed E-state index contributed by atoms with van der Waals surface area (Å²) in [6, 6.07) is 11.8. The summed E-state index contributed by atoms with van der Waals surface area (Å²) in [5.41, 5.74) is 1.82. The fraction of sp³-hybridized carbons (Fsp3) is 0.222. The summed E-state index contributed by atoms with van der Waals surface area (Å²) < 4.78 is 4.92. The number of esters is 1. The molecule has 2 rings (SSSR count). The van der Waals surface area contributed by atoms with E-state index in [1.165, 1.54) is 0 Å². The predicted octanol–water partition coefficient (Wildman–Crippen LogP) is 4.61. The van der Waals surface area contributed by atoms with Crippen molar-refractivity contribution in [3.05, 3.63) is 58.1 Å². The minimum Gasteiger partial charge on any atom is -0.462 e. The molecule has 0 saturated carbocycles. The zero-order valence-corrected chi connectivity index (χ0v) is 15.2. The van der Waals surface area contributed by atoms with Gasteiger partial charge in [0.25, 0.3) is 0 Å². The molecule has 0 aliphatic heterocycles. The molecule has 2 aromatic rings. The van der Waals surface area contributed by atoms with E-state index < -0.39 is 0 Å². The Kier molecular flexibility index (Phi) is 7.10. The van der Waals surface area contributed by atoms with Gasteiger partial charge in [-0.2, -0.15) is 0 Å². The van der Waals surface area contributed by atoms with Crippen LogP contribution in [0.5, 0.6) is 0 Å². The molecule has 132 valence electrons. The normalized spacial score (nSPS) is 10.2. The molecule has 1 amide bonds. The summed E-state index contributed by atoms with van der Waals surface area (Å²) in [5, 5.41) is 6.75. The second-order valence-corrected chi connectivity index (χ2v) is 5.99. The number of rotatable bonds is 7. The molecule has 2 N–H and O–H groups in total. The van der Waals surface area contributed by atoms with Crippen molar-refractivity contribution in [2.45, 2.75) is 13.3 Å². The van der Waals surface area contributed by atoms with E-state index in [4.69, 9.17) is 27.9 Å². The van der Waals surface area contributed by atoms with Crippen molar-refractivity contribution in [3.63, 3.8) is 0 Å². The second kappa shape index (κ2) is 9.30. The number of amides is 1. The smallest absolute Gasteiger partial charge is 0.338 e. The summed E-state index contributed by atoms with van der Waals surface area (Å²) in [7, 11) is 0. The number of halogens is 2. The molecule has 0 bridgehead atoms. The highest BCUT2D eigenvalue weighted by atomic mass is 35.5. The van der Waals surface area contributed by atoms with Gasteiger partial charge in [0.05, 0.1) is 22.9 Å². The van der Waals surface area contributed by atoms with Crippen molar-refractivity contribution in [1.29, 1.82) is 0 Å². The van der Waals surface area contributed by atoms with Crippen molar-refractivity contribution >= 4 is 46.5 Å². The number of hydrogen-bond donors (Lipinski definition) is 2. The SMILES string of the molecule is CCOC(=O)c1ccc(NCCC(=O)Nc2ccc(Cl)cc2Cl)cc1. The van der Waals surface area contributed by atoms with Crippen molar-refractivity contribution in [2.75, 3.05) is 23.8 Å². The molecule has 0 aliphatic rings. The van der Waals surface area contributed by atoms with Gasteiger partial charge in [-0.05, 0) is 49.4 Å². The molecule has 0 saturated heterocycles. The van der Waals surface area contributed by atoms with Crippen LogP contribution in [0.3, 0.4) is 0 Å². The minimum atomic E-state index is -0.353. The van der Waals surface area contributed by atoms with Crippen LogP contribution in [-0.2, 0) is 9.53 Å². The quantitative estimate of drug-likeness (QED) is 0.688. The summed E-state index contributed by atoms with van der Waals surface area (Å²) in [5.74, 6) is -0.520. The molecule has 7 heteroatoms. The lowest BCUT2D eigenvalue weighted by Crippen LogP contribution is -2.16. The zero-order valence-electron chi connectivity index (χ0n) is 13.6. The molecular formula is C18H18Cl2N2O3. The lowest BCUT2D eigenvalue weighted by atomic mass is 10.2. The topological polar surface area (TPSA) is 67.4 Å². The van der Waals surface area contributed by atoms with E-state index in [1.54, 1.807) is 49.4 Å². The van der Waals surface area contributed by atoms with Gasteiger partial charge < -0.3 is 15.4 Å². The molecule has 0 aromatic heterocycles. The minimum absolute atomic E-state index is 0.167. The molecule has 0 fully saturated rings. The lowest BCUT2D eigenvalue weighted by molar-refractivity contribution is -0.115. The Morgan fingerprint density at radius 2 is 1.80 bits per heavy atom. The van der Waals surface area contributed by atoms with E-state index >= 15 is 0 Å². The van der Waals surface area contributed by atoms with Gasteiger partial charge in [-0.15, -0.1) is 0 Å². The first-order valence-corrected chi connectivity index (χ1v) is 8.51. The summed E-state index contributed by atoms with van der Waals surface area (Å²) >= 11 is 11.8. The Morgan fingerprint density at radius 1 is 1.08 bits per heavy atom. The Balaban J connectivity index is 1.80. The molecule has 0 heterocycles. The summed E-state index contributed by atoms with van der Waals surface area (Å²) in [4.78, 5) is 23.5. The van der Waals surface area contributed by atoms with Crippen LogP contribution in [0.2, 0.25) is 10.0 Å². The van der Waals surface area contributed by atoms with Gasteiger partial charge >= 0.3 is 5.97 Å². The number of hydrogen-bond acceptors (Lipinski definition) is 4. The van der Waals surface area contributed by atoms with Gasteiger partial charge in [-0.25, -0.2) is 4.79 Å². The van der Waals surface area contributed by atoms with Crippen molar-refractivity contribution in [1.82, 2.24) is 0 Å². The standard InChI is InChI=1S/C18H18Cl2N2O3/c1-2-25-18(24)12-3-6-14(7-4-12)21-10-9-17(23)22-16-8-5-13(19)11-15(16)20/h3-8,11,21H,2,9-10H2,1H3,(H,22,23). The molecule has 0 aliphatic carbocycles. The van der Waals surface area contributed by atoms with E-state index in [-0.39, 0.29) is 18.3 Å². The van der Waals surface area contributed by atoms with E-state index in [0.717, 1.165) is 5.69 Å².